The molecule has 8 rings (SSSR count). The normalized spacial score (nSPS) is 29.9. The summed E-state index contributed by atoms with van der Waals surface area (Å²) in [4.78, 5) is 29.5. The number of nitrogens with zero attached hydrogens (tertiary/aromatic N) is 5. The van der Waals surface area contributed by atoms with Crippen LogP contribution in [0.1, 0.15) is 44.2 Å². The predicted octanol–water partition coefficient (Wildman–Crippen LogP) is 3.48. The summed E-state index contributed by atoms with van der Waals surface area (Å²) in [5.74, 6) is -2.26. The van der Waals surface area contributed by atoms with E-state index in [0.717, 1.165) is 44.7 Å². The highest BCUT2D eigenvalue weighted by atomic mass is 19.1. The first kappa shape index (κ1) is 20.8. The van der Waals surface area contributed by atoms with Crippen LogP contribution in [-0.2, 0) is 10.2 Å². The zero-order valence-electron chi connectivity index (χ0n) is 18.7. The lowest BCUT2D eigenvalue weighted by molar-refractivity contribution is -0.148. The van der Waals surface area contributed by atoms with Crippen LogP contribution in [0.4, 0.5) is 14.6 Å². The molecule has 3 N–H and O–H groups in total. The summed E-state index contributed by atoms with van der Waals surface area (Å²) in [6.45, 7) is 0. The Morgan fingerprint density at radius 2 is 1.89 bits per heavy atom. The number of aliphatic imine (C=N–C) groups is 1. The standard InChI is InChI=1S/C24H23F2N7O2/c25-12-7-13-18(32-33-20(13)28-8-12)22-30-19(24(5-6-24)14-9-27-14)16(26)21(31-22)29-17-11-3-1-10(2-4-11)15(17)23(34)35/h7-11,14-15,17H,1-6H2,(H,34,35)(H,28,32,33)(H,29,30,31)/t10?,11?,14?,15-,17-/m0/s1. The maximum absolute atomic E-state index is 16.0. The zero-order valence-corrected chi connectivity index (χ0v) is 18.7. The Morgan fingerprint density at radius 3 is 2.57 bits per heavy atom. The summed E-state index contributed by atoms with van der Waals surface area (Å²) in [7, 11) is 0. The van der Waals surface area contributed by atoms with Gasteiger partial charge in [-0.3, -0.25) is 14.9 Å². The topological polar surface area (TPSA) is 129 Å². The molecule has 3 aromatic heterocycles. The van der Waals surface area contributed by atoms with Crippen molar-refractivity contribution in [3.8, 4) is 11.5 Å². The van der Waals surface area contributed by atoms with Crippen LogP contribution in [0.25, 0.3) is 22.6 Å². The van der Waals surface area contributed by atoms with Gasteiger partial charge in [0.1, 0.15) is 11.5 Å². The van der Waals surface area contributed by atoms with E-state index in [1.54, 1.807) is 6.21 Å². The van der Waals surface area contributed by atoms with Crippen molar-refractivity contribution in [3.05, 3.63) is 29.6 Å². The number of hydrogen-bond donors (Lipinski definition) is 3. The van der Waals surface area contributed by atoms with Gasteiger partial charge in [0, 0.05) is 17.7 Å². The summed E-state index contributed by atoms with van der Waals surface area (Å²) in [5, 5.41) is 20.6. The van der Waals surface area contributed by atoms with Crippen molar-refractivity contribution in [3.63, 3.8) is 0 Å². The molecule has 4 aliphatic carbocycles. The quantitative estimate of drug-likeness (QED) is 0.494. The molecule has 3 aromatic rings. The van der Waals surface area contributed by atoms with E-state index in [2.05, 4.69) is 35.5 Å². The number of fused-ring (bicyclic) bond motifs is 4. The van der Waals surface area contributed by atoms with Gasteiger partial charge in [-0.05, 0) is 56.4 Å². The molecular weight excluding hydrogens is 456 g/mol. The van der Waals surface area contributed by atoms with Crippen molar-refractivity contribution in [2.24, 2.45) is 22.7 Å². The smallest absolute Gasteiger partial charge is 0.308 e. The minimum absolute atomic E-state index is 0.0266. The molecule has 9 nitrogen and oxygen atoms in total. The van der Waals surface area contributed by atoms with E-state index < -0.39 is 35.0 Å². The van der Waals surface area contributed by atoms with Crippen molar-refractivity contribution in [2.75, 3.05) is 5.32 Å². The maximum Gasteiger partial charge on any atom is 0.308 e. The molecule has 5 aliphatic rings. The number of anilines is 1. The molecule has 1 aliphatic heterocycles. The second kappa shape index (κ2) is 7.25. The number of aromatic nitrogens is 5. The van der Waals surface area contributed by atoms with E-state index in [1.165, 1.54) is 6.07 Å². The Hall–Kier alpha value is -3.50. The highest BCUT2D eigenvalue weighted by molar-refractivity contribution is 5.89. The maximum atomic E-state index is 16.0. The van der Waals surface area contributed by atoms with Crippen molar-refractivity contribution in [1.29, 1.82) is 0 Å². The fourth-order valence-electron chi connectivity index (χ4n) is 6.33. The van der Waals surface area contributed by atoms with E-state index in [0.29, 0.717) is 11.0 Å². The molecule has 1 unspecified atom stereocenters. The van der Waals surface area contributed by atoms with E-state index >= 15 is 4.39 Å². The average Bonchev–Trinajstić information content (AvgIpc) is 3.77. The molecule has 4 heterocycles. The van der Waals surface area contributed by atoms with Gasteiger partial charge in [-0.2, -0.15) is 5.10 Å². The SMILES string of the molecule is O=C(O)[C@H]1C2CCC(CC2)[C@@H]1Nc1nc(-c2n[nH]c3ncc(F)cc23)nc(C2(C3C=N3)CC2)c1F. The van der Waals surface area contributed by atoms with Crippen molar-refractivity contribution >= 4 is 29.0 Å². The van der Waals surface area contributed by atoms with E-state index in [1.807, 2.05) is 0 Å². The number of H-pyrrole nitrogens is 1. The summed E-state index contributed by atoms with van der Waals surface area (Å²) in [5.41, 5.74) is 0.364. The van der Waals surface area contributed by atoms with Crippen LogP contribution in [0.3, 0.4) is 0 Å². The van der Waals surface area contributed by atoms with Gasteiger partial charge in [-0.25, -0.2) is 23.7 Å². The summed E-state index contributed by atoms with van der Waals surface area (Å²) in [6, 6.07) is 0.769. The van der Waals surface area contributed by atoms with Crippen LogP contribution in [0.5, 0.6) is 0 Å². The summed E-state index contributed by atoms with van der Waals surface area (Å²) < 4.78 is 30.0. The fraction of sp³-hybridized carbons (Fsp3) is 0.500. The highest BCUT2D eigenvalue weighted by Gasteiger charge is 2.57. The van der Waals surface area contributed by atoms with E-state index in [4.69, 9.17) is 0 Å². The Labute approximate surface area is 198 Å². The molecular formula is C24H23F2N7O2. The number of carboxylic acids is 1. The minimum atomic E-state index is -0.864. The van der Waals surface area contributed by atoms with Crippen LogP contribution in [-0.4, -0.2) is 54.5 Å². The van der Waals surface area contributed by atoms with Crippen molar-refractivity contribution < 1.29 is 18.7 Å². The first-order valence-electron chi connectivity index (χ1n) is 12.1. The van der Waals surface area contributed by atoms with Gasteiger partial charge >= 0.3 is 5.97 Å². The largest absolute Gasteiger partial charge is 0.481 e. The molecule has 0 radical (unpaired) electrons. The molecule has 3 atom stereocenters. The Morgan fingerprint density at radius 1 is 1.14 bits per heavy atom. The predicted molar refractivity (Wildman–Crippen MR) is 122 cm³/mol. The molecule has 0 amide bonds. The minimum Gasteiger partial charge on any atom is -0.481 e. The van der Waals surface area contributed by atoms with E-state index in [-0.39, 0.29) is 40.9 Å². The lowest BCUT2D eigenvalue weighted by Gasteiger charge is -2.47. The third kappa shape index (κ3) is 3.16. The first-order chi connectivity index (χ1) is 16.9. The molecule has 2 bridgehead atoms. The average molecular weight is 479 g/mol. The van der Waals surface area contributed by atoms with Gasteiger partial charge in [0.05, 0.1) is 29.2 Å². The Bertz CT molecular complexity index is 1390. The van der Waals surface area contributed by atoms with Crippen LogP contribution >= 0.6 is 0 Å². The number of halogens is 2. The van der Waals surface area contributed by atoms with Gasteiger partial charge in [-0.1, -0.05) is 0 Å². The lowest BCUT2D eigenvalue weighted by atomic mass is 9.61. The molecule has 0 aromatic carbocycles. The fourth-order valence-corrected chi connectivity index (χ4v) is 6.33. The van der Waals surface area contributed by atoms with Crippen molar-refractivity contribution in [1.82, 2.24) is 25.1 Å². The van der Waals surface area contributed by atoms with Crippen molar-refractivity contribution in [2.45, 2.75) is 56.0 Å². The molecule has 0 saturated heterocycles. The number of pyridine rings is 1. The van der Waals surface area contributed by atoms with Crippen LogP contribution < -0.4 is 5.32 Å². The number of rotatable bonds is 6. The van der Waals surface area contributed by atoms with E-state index in [9.17, 15) is 14.3 Å². The zero-order chi connectivity index (χ0) is 23.9. The number of aliphatic carboxylic acids is 1. The number of carbonyl (C=O) groups is 1. The number of carboxylic acid groups (broad SMARTS) is 1. The molecule has 180 valence electrons. The van der Waals surface area contributed by atoms with Gasteiger partial charge < -0.3 is 10.4 Å². The number of aromatic amines is 1. The van der Waals surface area contributed by atoms with Crippen LogP contribution in [0.2, 0.25) is 0 Å². The summed E-state index contributed by atoms with van der Waals surface area (Å²) >= 11 is 0. The second-order valence-corrected chi connectivity index (χ2v) is 10.3. The number of hydrogen-bond acceptors (Lipinski definition) is 7. The van der Waals surface area contributed by atoms with Gasteiger partial charge in [-0.15, -0.1) is 0 Å². The molecule has 4 saturated carbocycles. The third-order valence-corrected chi connectivity index (χ3v) is 8.38. The molecule has 4 fully saturated rings. The first-order valence-corrected chi connectivity index (χ1v) is 12.1. The third-order valence-electron chi connectivity index (χ3n) is 8.38. The number of nitrogens with one attached hydrogen (secondary N) is 2. The Balaban J connectivity index is 1.36. The monoisotopic (exact) mass is 479 g/mol. The van der Waals surface area contributed by atoms with Crippen LogP contribution in [0.15, 0.2) is 17.3 Å². The summed E-state index contributed by atoms with van der Waals surface area (Å²) in [6.07, 6.45) is 7.94. The Kier molecular flexibility index (Phi) is 4.32. The van der Waals surface area contributed by atoms with Crippen LogP contribution in [0, 0.1) is 29.4 Å². The lowest BCUT2D eigenvalue weighted by Crippen LogP contribution is -2.51. The molecule has 0 spiro atoms. The highest BCUT2D eigenvalue weighted by Crippen LogP contribution is 2.55. The molecule has 11 heteroatoms. The molecule has 35 heavy (non-hydrogen) atoms. The second-order valence-electron chi connectivity index (χ2n) is 10.3. The van der Waals surface area contributed by atoms with Gasteiger partial charge in [0.15, 0.2) is 23.1 Å². The van der Waals surface area contributed by atoms with Gasteiger partial charge in [0.2, 0.25) is 0 Å². The van der Waals surface area contributed by atoms with Gasteiger partial charge in [0.25, 0.3) is 0 Å².